The van der Waals surface area contributed by atoms with Crippen molar-refractivity contribution < 1.29 is 28.2 Å². The van der Waals surface area contributed by atoms with E-state index in [-0.39, 0.29) is 24.4 Å². The molecule has 0 radical (unpaired) electrons. The summed E-state index contributed by atoms with van der Waals surface area (Å²) in [6.45, 7) is 10.9. The molecule has 2 rings (SSSR count). The predicted molar refractivity (Wildman–Crippen MR) is 108 cm³/mol. The van der Waals surface area contributed by atoms with Crippen LogP contribution >= 0.6 is 0 Å². The van der Waals surface area contributed by atoms with E-state index in [1.54, 1.807) is 18.2 Å². The zero-order valence-electron chi connectivity index (χ0n) is 16.5. The second-order valence-electron chi connectivity index (χ2n) is 6.56. The van der Waals surface area contributed by atoms with Crippen molar-refractivity contribution in [3.05, 3.63) is 72.6 Å². The molecule has 0 amide bonds. The number of carbonyl (C=O) groups excluding carboxylic acids is 2. The SMILES string of the molecule is C=C(C)COc1ccc(-c2ccc(OC(=O)CCOC(=O)C(=C)C)c(F)c2)cc1. The highest BCUT2D eigenvalue weighted by atomic mass is 19.1. The smallest absolute Gasteiger partial charge is 0.333 e. The molecule has 0 saturated carbocycles. The third-order valence-electron chi connectivity index (χ3n) is 3.72. The second kappa shape index (κ2) is 10.2. The van der Waals surface area contributed by atoms with Crippen molar-refractivity contribution >= 4 is 11.9 Å². The molecular formula is C23H23FO5. The lowest BCUT2D eigenvalue weighted by Crippen LogP contribution is -2.14. The lowest BCUT2D eigenvalue weighted by molar-refractivity contribution is -0.142. The molecule has 2 aromatic rings. The number of halogens is 1. The first kappa shape index (κ1) is 21.9. The normalized spacial score (nSPS) is 10.2. The van der Waals surface area contributed by atoms with Crippen molar-refractivity contribution in [3.63, 3.8) is 0 Å². The van der Waals surface area contributed by atoms with Gasteiger partial charge in [-0.05, 0) is 54.8 Å². The van der Waals surface area contributed by atoms with Gasteiger partial charge in [-0.1, -0.05) is 31.4 Å². The van der Waals surface area contributed by atoms with Gasteiger partial charge in [-0.15, -0.1) is 0 Å². The van der Waals surface area contributed by atoms with Crippen LogP contribution in [0.25, 0.3) is 11.1 Å². The van der Waals surface area contributed by atoms with Gasteiger partial charge in [-0.2, -0.15) is 0 Å². The van der Waals surface area contributed by atoms with Crippen molar-refractivity contribution in [3.8, 4) is 22.6 Å². The highest BCUT2D eigenvalue weighted by molar-refractivity contribution is 5.87. The van der Waals surface area contributed by atoms with Gasteiger partial charge in [-0.25, -0.2) is 9.18 Å². The molecule has 29 heavy (non-hydrogen) atoms. The molecule has 152 valence electrons. The van der Waals surface area contributed by atoms with Crippen LogP contribution < -0.4 is 9.47 Å². The first-order chi connectivity index (χ1) is 13.8. The third-order valence-corrected chi connectivity index (χ3v) is 3.72. The molecule has 0 aliphatic carbocycles. The van der Waals surface area contributed by atoms with Crippen molar-refractivity contribution in [2.75, 3.05) is 13.2 Å². The fourth-order valence-corrected chi connectivity index (χ4v) is 2.24. The molecule has 0 unspecified atom stereocenters. The highest BCUT2D eigenvalue weighted by Gasteiger charge is 2.12. The molecule has 0 heterocycles. The number of carbonyl (C=O) groups is 2. The van der Waals surface area contributed by atoms with Gasteiger partial charge >= 0.3 is 11.9 Å². The Balaban J connectivity index is 1.95. The van der Waals surface area contributed by atoms with Gasteiger partial charge < -0.3 is 14.2 Å². The summed E-state index contributed by atoms with van der Waals surface area (Å²) in [7, 11) is 0. The minimum absolute atomic E-state index is 0.163. The Kier molecular flexibility index (Phi) is 7.71. The Hall–Kier alpha value is -3.41. The van der Waals surface area contributed by atoms with Crippen LogP contribution in [0.4, 0.5) is 4.39 Å². The van der Waals surface area contributed by atoms with E-state index in [0.29, 0.717) is 17.9 Å². The summed E-state index contributed by atoms with van der Waals surface area (Å²) in [4.78, 5) is 23.0. The van der Waals surface area contributed by atoms with E-state index < -0.39 is 17.8 Å². The zero-order valence-corrected chi connectivity index (χ0v) is 16.5. The summed E-state index contributed by atoms with van der Waals surface area (Å²) in [6, 6.07) is 11.5. The number of rotatable bonds is 9. The van der Waals surface area contributed by atoms with Crippen LogP contribution in [0.5, 0.6) is 11.5 Å². The molecule has 5 nitrogen and oxygen atoms in total. The summed E-state index contributed by atoms with van der Waals surface area (Å²) in [6.07, 6.45) is -0.189. The van der Waals surface area contributed by atoms with E-state index in [9.17, 15) is 14.0 Å². The van der Waals surface area contributed by atoms with Crippen LogP contribution in [0, 0.1) is 5.82 Å². The topological polar surface area (TPSA) is 61.8 Å². The van der Waals surface area contributed by atoms with E-state index in [1.807, 2.05) is 19.1 Å². The van der Waals surface area contributed by atoms with Gasteiger partial charge in [0.2, 0.25) is 0 Å². The molecule has 0 bridgehead atoms. The minimum atomic E-state index is -0.704. The summed E-state index contributed by atoms with van der Waals surface area (Å²) in [5.74, 6) is -1.46. The molecular weight excluding hydrogens is 375 g/mol. The fourth-order valence-electron chi connectivity index (χ4n) is 2.24. The zero-order chi connectivity index (χ0) is 21.4. The predicted octanol–water partition coefficient (Wildman–Crippen LogP) is 4.86. The van der Waals surface area contributed by atoms with Gasteiger partial charge in [0.1, 0.15) is 19.0 Å². The second-order valence-corrected chi connectivity index (χ2v) is 6.56. The van der Waals surface area contributed by atoms with Crippen LogP contribution in [-0.4, -0.2) is 25.2 Å². The Bertz CT molecular complexity index is 915. The molecule has 0 aliphatic rings. The fraction of sp³-hybridized carbons (Fsp3) is 0.217. The van der Waals surface area contributed by atoms with Crippen LogP contribution in [-0.2, 0) is 14.3 Å². The summed E-state index contributed by atoms with van der Waals surface area (Å²) < 4.78 is 29.7. The molecule has 0 N–H and O–H groups in total. The van der Waals surface area contributed by atoms with Gasteiger partial charge in [0.05, 0.1) is 6.42 Å². The average molecular weight is 398 g/mol. The molecule has 6 heteroatoms. The van der Waals surface area contributed by atoms with E-state index >= 15 is 0 Å². The van der Waals surface area contributed by atoms with E-state index in [2.05, 4.69) is 13.2 Å². The summed E-state index contributed by atoms with van der Waals surface area (Å²) >= 11 is 0. The van der Waals surface area contributed by atoms with Crippen LogP contribution in [0.1, 0.15) is 20.3 Å². The lowest BCUT2D eigenvalue weighted by atomic mass is 10.1. The van der Waals surface area contributed by atoms with Crippen molar-refractivity contribution in [2.45, 2.75) is 20.3 Å². The monoisotopic (exact) mass is 398 g/mol. The standard InChI is InChI=1S/C23H23FO5/c1-15(2)14-28-19-8-5-17(6-9-19)18-7-10-21(20(24)13-18)29-22(25)11-12-27-23(26)16(3)4/h5-10,13H,1,3,11-12,14H2,2,4H3. The summed E-state index contributed by atoms with van der Waals surface area (Å²) in [5, 5.41) is 0. The minimum Gasteiger partial charge on any atom is -0.489 e. The Morgan fingerprint density at radius 2 is 1.66 bits per heavy atom. The van der Waals surface area contributed by atoms with Gasteiger partial charge in [-0.3, -0.25) is 4.79 Å². The van der Waals surface area contributed by atoms with Crippen molar-refractivity contribution in [1.29, 1.82) is 0 Å². The maximum atomic E-state index is 14.3. The Labute approximate surface area is 169 Å². The van der Waals surface area contributed by atoms with E-state index in [4.69, 9.17) is 14.2 Å². The first-order valence-electron chi connectivity index (χ1n) is 8.96. The van der Waals surface area contributed by atoms with Crippen LogP contribution in [0.15, 0.2) is 66.8 Å². The largest absolute Gasteiger partial charge is 0.489 e. The van der Waals surface area contributed by atoms with Gasteiger partial charge in [0, 0.05) is 5.57 Å². The van der Waals surface area contributed by atoms with Gasteiger partial charge in [0.15, 0.2) is 11.6 Å². The average Bonchev–Trinajstić information content (AvgIpc) is 2.68. The quantitative estimate of drug-likeness (QED) is 0.261. The number of ether oxygens (including phenoxy) is 3. The molecule has 2 aromatic carbocycles. The molecule has 0 saturated heterocycles. The number of esters is 2. The van der Waals surface area contributed by atoms with Crippen molar-refractivity contribution in [1.82, 2.24) is 0 Å². The highest BCUT2D eigenvalue weighted by Crippen LogP contribution is 2.27. The third kappa shape index (κ3) is 6.92. The molecule has 0 atom stereocenters. The molecule has 0 aromatic heterocycles. The van der Waals surface area contributed by atoms with Gasteiger partial charge in [0.25, 0.3) is 0 Å². The molecule has 0 spiro atoms. The van der Waals surface area contributed by atoms with E-state index in [0.717, 1.165) is 11.1 Å². The lowest BCUT2D eigenvalue weighted by Gasteiger charge is -2.09. The first-order valence-corrected chi connectivity index (χ1v) is 8.96. The molecule has 0 aliphatic heterocycles. The number of benzene rings is 2. The van der Waals surface area contributed by atoms with E-state index in [1.165, 1.54) is 19.1 Å². The Morgan fingerprint density at radius 1 is 1.00 bits per heavy atom. The van der Waals surface area contributed by atoms with Crippen LogP contribution in [0.3, 0.4) is 0 Å². The van der Waals surface area contributed by atoms with Crippen LogP contribution in [0.2, 0.25) is 0 Å². The maximum Gasteiger partial charge on any atom is 0.333 e. The Morgan fingerprint density at radius 3 is 2.24 bits per heavy atom. The van der Waals surface area contributed by atoms with Crippen molar-refractivity contribution in [2.24, 2.45) is 0 Å². The number of hydrogen-bond acceptors (Lipinski definition) is 5. The summed E-state index contributed by atoms with van der Waals surface area (Å²) in [5.41, 5.74) is 2.56. The number of hydrogen-bond donors (Lipinski definition) is 0. The molecule has 0 fully saturated rings. The maximum absolute atomic E-state index is 14.3.